The minimum Gasteiger partial charge on any atom is -0.481 e. The summed E-state index contributed by atoms with van der Waals surface area (Å²) in [6, 6.07) is 7.39. The lowest BCUT2D eigenvalue weighted by Gasteiger charge is -2.09. The highest BCUT2D eigenvalue weighted by Crippen LogP contribution is 2.26. The zero-order valence-corrected chi connectivity index (χ0v) is 15.6. The number of aromatic nitrogens is 2. The van der Waals surface area contributed by atoms with Gasteiger partial charge >= 0.3 is 11.9 Å². The molecule has 10 heteroatoms. The van der Waals surface area contributed by atoms with Crippen LogP contribution in [-0.2, 0) is 9.59 Å². The van der Waals surface area contributed by atoms with Crippen LogP contribution in [-0.4, -0.2) is 43.8 Å². The summed E-state index contributed by atoms with van der Waals surface area (Å²) < 4.78 is 0. The van der Waals surface area contributed by atoms with E-state index >= 15 is 0 Å². The average molecular weight is 386 g/mol. The summed E-state index contributed by atoms with van der Waals surface area (Å²) in [7, 11) is 0. The summed E-state index contributed by atoms with van der Waals surface area (Å²) in [4.78, 5) is 21.3. The number of nitrogens with zero attached hydrogens (tertiary/aromatic N) is 4. The van der Waals surface area contributed by atoms with E-state index in [2.05, 4.69) is 31.3 Å². The lowest BCUT2D eigenvalue weighted by molar-refractivity contribution is -0.137. The highest BCUT2D eigenvalue weighted by atomic mass is 16.4. The normalized spacial score (nSPS) is 12.1. The lowest BCUT2D eigenvalue weighted by Crippen LogP contribution is -2.06. The summed E-state index contributed by atoms with van der Waals surface area (Å²) >= 11 is 0. The molecule has 0 aliphatic rings. The lowest BCUT2D eigenvalue weighted by atomic mass is 10.2. The first-order valence-corrected chi connectivity index (χ1v) is 8.64. The topological polar surface area (TPSA) is 149 Å². The number of rotatable bonds is 10. The van der Waals surface area contributed by atoms with Gasteiger partial charge in [0.1, 0.15) is 0 Å². The second kappa shape index (κ2) is 9.95. The van der Waals surface area contributed by atoms with Crippen LogP contribution in [0.1, 0.15) is 39.5 Å². The molecule has 2 rings (SSSR count). The van der Waals surface area contributed by atoms with Crippen LogP contribution in [0, 0.1) is 0 Å². The second-order valence-corrected chi connectivity index (χ2v) is 6.15. The van der Waals surface area contributed by atoms with Crippen molar-refractivity contribution in [1.29, 1.82) is 0 Å². The smallest absolute Gasteiger partial charge is 0.303 e. The zero-order valence-electron chi connectivity index (χ0n) is 15.6. The van der Waals surface area contributed by atoms with E-state index in [4.69, 9.17) is 10.2 Å². The molecule has 0 unspecified atom stereocenters. The third kappa shape index (κ3) is 6.31. The number of anilines is 2. The maximum Gasteiger partial charge on any atom is 0.303 e. The maximum absolute atomic E-state index is 10.6. The summed E-state index contributed by atoms with van der Waals surface area (Å²) in [6.45, 7) is 3.46. The van der Waals surface area contributed by atoms with Crippen LogP contribution in [0.5, 0.6) is 0 Å². The molecule has 0 amide bonds. The van der Waals surface area contributed by atoms with E-state index in [9.17, 15) is 9.59 Å². The quantitative estimate of drug-likeness (QED) is 0.360. The Morgan fingerprint density at radius 2 is 1.21 bits per heavy atom. The highest BCUT2D eigenvalue weighted by molar-refractivity contribution is 5.99. The van der Waals surface area contributed by atoms with E-state index in [1.54, 1.807) is 13.8 Å². The molecule has 4 N–H and O–H groups in total. The van der Waals surface area contributed by atoms with Gasteiger partial charge in [-0.25, -0.2) is 0 Å². The van der Waals surface area contributed by atoms with Crippen LogP contribution in [0.3, 0.4) is 0 Å². The first kappa shape index (κ1) is 20.7. The largest absolute Gasteiger partial charge is 0.481 e. The standard InChI is InChI=1S/C18H22N6O4/c1-11(7-9-15(25)26)19-21-17-13-5-3-4-6-14(13)18(24-23-17)22-20-12(2)8-10-16(27)28/h3-6H,7-10H2,1-2H3,(H,21,23)(H,22,24)(H,25,26)(H,27,28)/b19-11-,20-12-. The number of benzene rings is 1. The minimum absolute atomic E-state index is 0.00549. The van der Waals surface area contributed by atoms with Gasteiger partial charge in [-0.05, 0) is 26.7 Å². The number of carboxylic acid groups (broad SMARTS) is 2. The SMILES string of the molecule is C/C(CCC(=O)O)=N/Nc1nnc(N/N=C(/C)CCC(=O)O)c2ccccc12. The predicted octanol–water partition coefficient (Wildman–Crippen LogP) is 2.94. The Balaban J connectivity index is 2.18. The Hall–Kier alpha value is -3.56. The van der Waals surface area contributed by atoms with Crippen LogP contribution in [0.2, 0.25) is 0 Å². The van der Waals surface area contributed by atoms with Crippen molar-refractivity contribution in [1.82, 2.24) is 10.2 Å². The molecule has 28 heavy (non-hydrogen) atoms. The number of carbonyl (C=O) groups is 2. The van der Waals surface area contributed by atoms with Crippen LogP contribution >= 0.6 is 0 Å². The third-order valence-corrected chi connectivity index (χ3v) is 3.79. The summed E-state index contributed by atoms with van der Waals surface area (Å²) in [5.41, 5.74) is 6.92. The van der Waals surface area contributed by atoms with Gasteiger partial charge in [0.2, 0.25) is 0 Å². The molecular formula is C18H22N6O4. The van der Waals surface area contributed by atoms with Crippen molar-refractivity contribution in [3.63, 3.8) is 0 Å². The van der Waals surface area contributed by atoms with Gasteiger partial charge in [-0.1, -0.05) is 24.3 Å². The number of aliphatic carboxylic acids is 2. The fraction of sp³-hybridized carbons (Fsp3) is 0.333. The molecule has 0 radical (unpaired) electrons. The number of hydrogen-bond donors (Lipinski definition) is 4. The second-order valence-electron chi connectivity index (χ2n) is 6.15. The van der Waals surface area contributed by atoms with Gasteiger partial charge in [0.05, 0.1) is 12.8 Å². The molecule has 0 fully saturated rings. The Morgan fingerprint density at radius 1 is 0.821 bits per heavy atom. The molecule has 1 aromatic carbocycles. The van der Waals surface area contributed by atoms with Gasteiger partial charge < -0.3 is 10.2 Å². The van der Waals surface area contributed by atoms with Gasteiger partial charge in [-0.2, -0.15) is 10.2 Å². The molecule has 1 heterocycles. The van der Waals surface area contributed by atoms with Crippen molar-refractivity contribution in [2.75, 3.05) is 10.9 Å². The molecule has 0 atom stereocenters. The molecule has 2 aromatic rings. The van der Waals surface area contributed by atoms with Gasteiger partial charge in [-0.3, -0.25) is 20.4 Å². The molecule has 0 saturated carbocycles. The third-order valence-electron chi connectivity index (χ3n) is 3.79. The number of hydrogen-bond acceptors (Lipinski definition) is 8. The number of fused-ring (bicyclic) bond motifs is 1. The monoisotopic (exact) mass is 386 g/mol. The fourth-order valence-electron chi connectivity index (χ4n) is 2.25. The van der Waals surface area contributed by atoms with Crippen LogP contribution in [0.4, 0.5) is 11.6 Å². The molecule has 148 valence electrons. The van der Waals surface area contributed by atoms with Gasteiger partial charge in [0.25, 0.3) is 0 Å². The fourth-order valence-corrected chi connectivity index (χ4v) is 2.25. The van der Waals surface area contributed by atoms with Crippen LogP contribution < -0.4 is 10.9 Å². The molecule has 0 saturated heterocycles. The van der Waals surface area contributed by atoms with E-state index in [1.807, 2.05) is 24.3 Å². The molecule has 0 spiro atoms. The highest BCUT2D eigenvalue weighted by Gasteiger charge is 2.09. The van der Waals surface area contributed by atoms with Crippen LogP contribution in [0.25, 0.3) is 10.8 Å². The molecule has 1 aromatic heterocycles. The minimum atomic E-state index is -0.880. The Morgan fingerprint density at radius 3 is 1.57 bits per heavy atom. The number of nitrogens with one attached hydrogen (secondary N) is 2. The molecule has 0 aliphatic heterocycles. The summed E-state index contributed by atoms with van der Waals surface area (Å²) in [6.07, 6.45) is 0.673. The first-order chi connectivity index (χ1) is 13.4. The Kier molecular flexibility index (Phi) is 7.37. The van der Waals surface area contributed by atoms with Crippen molar-refractivity contribution in [3.8, 4) is 0 Å². The van der Waals surface area contributed by atoms with Crippen molar-refractivity contribution in [2.24, 2.45) is 10.2 Å². The van der Waals surface area contributed by atoms with E-state index in [0.717, 1.165) is 10.8 Å². The van der Waals surface area contributed by atoms with Gasteiger partial charge in [0, 0.05) is 22.2 Å². The zero-order chi connectivity index (χ0) is 20.5. The van der Waals surface area contributed by atoms with Gasteiger partial charge in [0.15, 0.2) is 11.6 Å². The van der Waals surface area contributed by atoms with Gasteiger partial charge in [-0.15, -0.1) is 10.2 Å². The molecule has 0 bridgehead atoms. The van der Waals surface area contributed by atoms with Crippen molar-refractivity contribution in [3.05, 3.63) is 24.3 Å². The first-order valence-electron chi connectivity index (χ1n) is 8.64. The molecule has 10 nitrogen and oxygen atoms in total. The van der Waals surface area contributed by atoms with Crippen molar-refractivity contribution < 1.29 is 19.8 Å². The van der Waals surface area contributed by atoms with E-state index < -0.39 is 11.9 Å². The summed E-state index contributed by atoms with van der Waals surface area (Å²) in [5, 5.41) is 35.5. The maximum atomic E-state index is 10.6. The van der Waals surface area contributed by atoms with Crippen molar-refractivity contribution in [2.45, 2.75) is 39.5 Å². The Bertz CT molecular complexity index is 851. The Labute approximate surface area is 161 Å². The average Bonchev–Trinajstić information content (AvgIpc) is 2.67. The summed E-state index contributed by atoms with van der Waals surface area (Å²) in [5.74, 6) is -0.895. The van der Waals surface area contributed by atoms with E-state index in [1.165, 1.54) is 0 Å². The van der Waals surface area contributed by atoms with E-state index in [0.29, 0.717) is 35.9 Å². The molecule has 0 aliphatic carbocycles. The predicted molar refractivity (Wildman–Crippen MR) is 107 cm³/mol. The van der Waals surface area contributed by atoms with Crippen molar-refractivity contribution >= 4 is 45.8 Å². The number of carboxylic acids is 2. The van der Waals surface area contributed by atoms with Crippen LogP contribution in [0.15, 0.2) is 34.5 Å². The molecular weight excluding hydrogens is 364 g/mol. The number of hydrazone groups is 2. The van der Waals surface area contributed by atoms with E-state index in [-0.39, 0.29) is 12.8 Å².